The van der Waals surface area contributed by atoms with E-state index < -0.39 is 21.8 Å². The maximum absolute atomic E-state index is 13.9. The molecule has 1 aliphatic carbocycles. The maximum Gasteiger partial charge on any atom is 0.244 e. The number of nitrogens with zero attached hydrogens (tertiary/aromatic N) is 3. The van der Waals surface area contributed by atoms with Crippen molar-refractivity contribution in [2.75, 3.05) is 18.4 Å². The zero-order valence-corrected chi connectivity index (χ0v) is 19.6. The fourth-order valence-corrected chi connectivity index (χ4v) is 6.98. The monoisotopic (exact) mass is 490 g/mol. The topological polar surface area (TPSA) is 105 Å². The number of benzene rings is 1. The molecule has 0 unspecified atom stereocenters. The normalized spacial score (nSPS) is 19.5. The Morgan fingerprint density at radius 2 is 2.06 bits per heavy atom. The van der Waals surface area contributed by atoms with E-state index in [1.807, 2.05) is 0 Å². The largest absolute Gasteiger partial charge is 0.339 e. The number of aryl methyl sites for hydroxylation is 1. The van der Waals surface area contributed by atoms with E-state index in [0.717, 1.165) is 12.8 Å². The van der Waals surface area contributed by atoms with Crippen LogP contribution < -0.4 is 5.32 Å². The number of sulfonamides is 1. The average Bonchev–Trinajstić information content (AvgIpc) is 3.39. The number of piperidine rings is 1. The lowest BCUT2D eigenvalue weighted by molar-refractivity contribution is -0.120. The highest BCUT2D eigenvalue weighted by Gasteiger charge is 2.36. The van der Waals surface area contributed by atoms with E-state index in [-0.39, 0.29) is 23.0 Å². The molecule has 174 valence electrons. The number of nitrogens with one attached hydrogen (secondary N) is 1. The molecule has 1 saturated heterocycles. The van der Waals surface area contributed by atoms with E-state index in [4.69, 9.17) is 4.52 Å². The molecule has 0 bridgehead atoms. The van der Waals surface area contributed by atoms with Crippen LogP contribution in [0.15, 0.2) is 39.8 Å². The minimum Gasteiger partial charge on any atom is -0.339 e. The molecule has 11 heteroatoms. The minimum absolute atomic E-state index is 0.0429. The van der Waals surface area contributed by atoms with Crippen LogP contribution in [0.3, 0.4) is 0 Å². The van der Waals surface area contributed by atoms with Gasteiger partial charge in [0.15, 0.2) is 0 Å². The second-order valence-electron chi connectivity index (χ2n) is 8.43. The van der Waals surface area contributed by atoms with Gasteiger partial charge in [-0.15, -0.1) is 11.3 Å². The van der Waals surface area contributed by atoms with Crippen LogP contribution in [-0.4, -0.2) is 41.9 Å². The fraction of sp³-hybridized carbons (Fsp3) is 0.409. The summed E-state index contributed by atoms with van der Waals surface area (Å²) < 4.78 is 47.4. The minimum atomic E-state index is -3.82. The number of hydrogen-bond acceptors (Lipinski definition) is 7. The van der Waals surface area contributed by atoms with E-state index in [1.165, 1.54) is 27.8 Å². The average molecular weight is 491 g/mol. The van der Waals surface area contributed by atoms with E-state index in [2.05, 4.69) is 15.5 Å². The summed E-state index contributed by atoms with van der Waals surface area (Å²) in [6, 6.07) is 7.50. The Morgan fingerprint density at radius 3 is 2.82 bits per heavy atom. The van der Waals surface area contributed by atoms with Crippen molar-refractivity contribution >= 4 is 33.0 Å². The van der Waals surface area contributed by atoms with Gasteiger partial charge in [-0.25, -0.2) is 12.8 Å². The number of anilines is 1. The molecule has 2 aliphatic rings. The number of carbonyl (C=O) groups excluding carboxylic acids is 1. The Morgan fingerprint density at radius 1 is 1.27 bits per heavy atom. The first-order valence-corrected chi connectivity index (χ1v) is 13.1. The molecule has 2 fully saturated rings. The molecule has 33 heavy (non-hydrogen) atoms. The van der Waals surface area contributed by atoms with Crippen LogP contribution in [0.25, 0.3) is 10.7 Å². The van der Waals surface area contributed by atoms with E-state index in [9.17, 15) is 17.6 Å². The first-order chi connectivity index (χ1) is 15.8. The lowest BCUT2D eigenvalue weighted by Crippen LogP contribution is -2.43. The van der Waals surface area contributed by atoms with Crippen LogP contribution in [0.1, 0.15) is 42.4 Å². The first kappa shape index (κ1) is 22.2. The molecule has 1 amide bonds. The third-order valence-corrected chi connectivity index (χ3v) is 9.13. The predicted molar refractivity (Wildman–Crippen MR) is 121 cm³/mol. The molecule has 3 aromatic rings. The quantitative estimate of drug-likeness (QED) is 0.556. The first-order valence-electron chi connectivity index (χ1n) is 10.8. The summed E-state index contributed by atoms with van der Waals surface area (Å²) in [4.78, 5) is 18.6. The Labute approximate surface area is 194 Å². The summed E-state index contributed by atoms with van der Waals surface area (Å²) >= 11 is 1.30. The van der Waals surface area contributed by atoms with Gasteiger partial charge >= 0.3 is 0 Å². The van der Waals surface area contributed by atoms with Crippen molar-refractivity contribution < 1.29 is 22.1 Å². The highest BCUT2D eigenvalue weighted by atomic mass is 32.2. The number of rotatable bonds is 6. The third-order valence-electron chi connectivity index (χ3n) is 5.97. The van der Waals surface area contributed by atoms with Crippen LogP contribution in [0.5, 0.6) is 0 Å². The van der Waals surface area contributed by atoms with Gasteiger partial charge in [-0.3, -0.25) is 4.79 Å². The van der Waals surface area contributed by atoms with Crippen LogP contribution in [0.2, 0.25) is 0 Å². The van der Waals surface area contributed by atoms with Crippen molar-refractivity contribution in [2.45, 2.75) is 43.4 Å². The fourth-order valence-electron chi connectivity index (χ4n) is 3.97. The molecule has 0 spiro atoms. The molecule has 0 radical (unpaired) electrons. The number of carbonyl (C=O) groups is 1. The van der Waals surface area contributed by atoms with Gasteiger partial charge in [0.2, 0.25) is 27.6 Å². The van der Waals surface area contributed by atoms with Crippen molar-refractivity contribution in [3.63, 3.8) is 0 Å². The standard InChI is InChI=1S/C22H23FN4O4S2/c1-13-19(11-18(32-13)20-25-22(31-26-20)14-8-9-14)33(29,30)27-10-4-5-15(12-27)21(28)24-17-7-3-2-6-16(17)23/h2-3,6-7,11,14-15H,4-5,8-10,12H2,1H3,(H,24,28)/t15-/m1/s1. The van der Waals surface area contributed by atoms with Crippen molar-refractivity contribution in [1.29, 1.82) is 0 Å². The van der Waals surface area contributed by atoms with Crippen LogP contribution in [-0.2, 0) is 14.8 Å². The van der Waals surface area contributed by atoms with Gasteiger partial charge in [0.05, 0.1) is 21.4 Å². The number of para-hydroxylation sites is 1. The molecule has 1 saturated carbocycles. The maximum atomic E-state index is 13.9. The zero-order valence-electron chi connectivity index (χ0n) is 18.0. The van der Waals surface area contributed by atoms with Crippen LogP contribution in [0, 0.1) is 18.7 Å². The van der Waals surface area contributed by atoms with Crippen LogP contribution >= 0.6 is 11.3 Å². The Bertz CT molecular complexity index is 1300. The summed E-state index contributed by atoms with van der Waals surface area (Å²) in [5.74, 6) is -0.172. The summed E-state index contributed by atoms with van der Waals surface area (Å²) in [6.07, 6.45) is 3.14. The molecule has 8 nitrogen and oxygen atoms in total. The Kier molecular flexibility index (Phi) is 5.79. The van der Waals surface area contributed by atoms with E-state index in [1.54, 1.807) is 25.1 Å². The number of aromatic nitrogens is 2. The molecule has 1 aliphatic heterocycles. The van der Waals surface area contributed by atoms with Crippen molar-refractivity contribution in [3.8, 4) is 10.7 Å². The van der Waals surface area contributed by atoms with Gasteiger partial charge in [0, 0.05) is 23.9 Å². The molecule has 1 aromatic carbocycles. The lowest BCUT2D eigenvalue weighted by Gasteiger charge is -2.31. The summed E-state index contributed by atoms with van der Waals surface area (Å²) in [7, 11) is -3.82. The van der Waals surface area contributed by atoms with Gasteiger partial charge in [-0.05, 0) is 50.8 Å². The Balaban J connectivity index is 1.33. The van der Waals surface area contributed by atoms with E-state index >= 15 is 0 Å². The smallest absolute Gasteiger partial charge is 0.244 e. The number of hydrogen-bond donors (Lipinski definition) is 1. The summed E-state index contributed by atoms with van der Waals surface area (Å²) in [5, 5.41) is 6.60. The molecule has 5 rings (SSSR count). The number of thiophene rings is 1. The number of halogens is 1. The second-order valence-corrected chi connectivity index (χ2v) is 11.6. The molecule has 2 aromatic heterocycles. The van der Waals surface area contributed by atoms with E-state index in [0.29, 0.717) is 46.8 Å². The van der Waals surface area contributed by atoms with Gasteiger partial charge in [-0.2, -0.15) is 9.29 Å². The van der Waals surface area contributed by atoms with Gasteiger partial charge < -0.3 is 9.84 Å². The zero-order chi connectivity index (χ0) is 23.2. The lowest BCUT2D eigenvalue weighted by atomic mass is 9.98. The molecule has 3 heterocycles. The highest BCUT2D eigenvalue weighted by molar-refractivity contribution is 7.89. The van der Waals surface area contributed by atoms with Crippen molar-refractivity contribution in [3.05, 3.63) is 46.9 Å². The predicted octanol–water partition coefficient (Wildman–Crippen LogP) is 4.16. The molecule has 1 N–H and O–H groups in total. The Hall–Kier alpha value is -2.63. The highest BCUT2D eigenvalue weighted by Crippen LogP contribution is 2.41. The van der Waals surface area contributed by atoms with Crippen molar-refractivity contribution in [1.82, 2.24) is 14.4 Å². The molecule has 1 atom stereocenters. The molecular weight excluding hydrogens is 467 g/mol. The van der Waals surface area contributed by atoms with Gasteiger partial charge in [-0.1, -0.05) is 17.3 Å². The summed E-state index contributed by atoms with van der Waals surface area (Å²) in [6.45, 7) is 2.11. The van der Waals surface area contributed by atoms with Crippen LogP contribution in [0.4, 0.5) is 10.1 Å². The number of amides is 1. The second kappa shape index (κ2) is 8.62. The van der Waals surface area contributed by atoms with Gasteiger partial charge in [0.1, 0.15) is 5.82 Å². The van der Waals surface area contributed by atoms with Gasteiger partial charge in [0.25, 0.3) is 0 Å². The third kappa shape index (κ3) is 4.44. The molecular formula is C22H23FN4O4S2. The van der Waals surface area contributed by atoms with Crippen molar-refractivity contribution in [2.24, 2.45) is 5.92 Å². The SMILES string of the molecule is Cc1sc(-c2noc(C3CC3)n2)cc1S(=O)(=O)N1CCC[C@@H](C(=O)Nc2ccccc2F)C1. The summed E-state index contributed by atoms with van der Waals surface area (Å²) in [5.41, 5.74) is 0.0893.